The zero-order valence-electron chi connectivity index (χ0n) is 8.63. The van der Waals surface area contributed by atoms with E-state index in [4.69, 9.17) is 22.4 Å². The van der Waals surface area contributed by atoms with E-state index in [0.717, 1.165) is 6.07 Å². The molecular weight excluding hydrogens is 235 g/mol. The maximum Gasteiger partial charge on any atom is 0.254 e. The van der Waals surface area contributed by atoms with Crippen LogP contribution in [0.4, 0.5) is 10.1 Å². The smallest absolute Gasteiger partial charge is 0.254 e. The molecular formula is C10H12ClFN2O2. The van der Waals surface area contributed by atoms with Crippen molar-refractivity contribution in [3.63, 3.8) is 0 Å². The van der Waals surface area contributed by atoms with Crippen LogP contribution < -0.4 is 11.1 Å². The fraction of sp³-hybridized carbons (Fsp3) is 0.300. The molecule has 0 radical (unpaired) electrons. The van der Waals surface area contributed by atoms with E-state index in [1.165, 1.54) is 6.07 Å². The Kier molecular flexibility index (Phi) is 4.23. The summed E-state index contributed by atoms with van der Waals surface area (Å²) in [5.41, 5.74) is 5.59. The fourth-order valence-corrected chi connectivity index (χ4v) is 1.33. The quantitative estimate of drug-likeness (QED) is 0.746. The Morgan fingerprint density at radius 2 is 2.31 bits per heavy atom. The standard InChI is InChI=1S/C10H12ClFN2O2/c1-5-2-6(11)8(3-7(5)12)14-10(16)9(15)4-13/h2-3,9,15H,4,13H2,1H3,(H,14,16). The van der Waals surface area contributed by atoms with E-state index in [-0.39, 0.29) is 17.3 Å². The molecule has 88 valence electrons. The highest BCUT2D eigenvalue weighted by Gasteiger charge is 2.15. The van der Waals surface area contributed by atoms with Gasteiger partial charge in [0.1, 0.15) is 11.9 Å². The van der Waals surface area contributed by atoms with Gasteiger partial charge in [-0.15, -0.1) is 0 Å². The molecule has 0 saturated heterocycles. The van der Waals surface area contributed by atoms with Gasteiger partial charge in [-0.2, -0.15) is 0 Å². The minimum absolute atomic E-state index is 0.113. The molecule has 6 heteroatoms. The zero-order chi connectivity index (χ0) is 12.3. The first-order valence-corrected chi connectivity index (χ1v) is 4.98. The highest BCUT2D eigenvalue weighted by atomic mass is 35.5. The number of aryl methyl sites for hydroxylation is 1. The van der Waals surface area contributed by atoms with Crippen LogP contribution in [0.5, 0.6) is 0 Å². The minimum atomic E-state index is -1.33. The van der Waals surface area contributed by atoms with Gasteiger partial charge in [0.2, 0.25) is 0 Å². The number of amides is 1. The molecule has 0 aliphatic carbocycles. The van der Waals surface area contributed by atoms with Crippen molar-refractivity contribution in [3.8, 4) is 0 Å². The number of carbonyl (C=O) groups is 1. The Hall–Kier alpha value is -1.17. The summed E-state index contributed by atoms with van der Waals surface area (Å²) in [6, 6.07) is 2.49. The number of halogens is 2. The second kappa shape index (κ2) is 5.25. The van der Waals surface area contributed by atoms with Crippen LogP contribution in [-0.4, -0.2) is 23.7 Å². The van der Waals surface area contributed by atoms with Crippen molar-refractivity contribution >= 4 is 23.2 Å². The van der Waals surface area contributed by atoms with Crippen molar-refractivity contribution in [1.82, 2.24) is 0 Å². The van der Waals surface area contributed by atoms with Gasteiger partial charge in [0.05, 0.1) is 10.7 Å². The normalized spacial score (nSPS) is 12.3. The van der Waals surface area contributed by atoms with Gasteiger partial charge >= 0.3 is 0 Å². The third-order valence-electron chi connectivity index (χ3n) is 2.03. The molecule has 0 bridgehead atoms. The molecule has 1 atom stereocenters. The Morgan fingerprint density at radius 3 is 2.88 bits per heavy atom. The predicted molar refractivity (Wildman–Crippen MR) is 59.8 cm³/mol. The highest BCUT2D eigenvalue weighted by Crippen LogP contribution is 2.25. The predicted octanol–water partition coefficient (Wildman–Crippen LogP) is 1.05. The zero-order valence-corrected chi connectivity index (χ0v) is 9.38. The number of nitrogens with two attached hydrogens (primary N) is 1. The number of benzene rings is 1. The van der Waals surface area contributed by atoms with E-state index in [9.17, 15) is 9.18 Å². The Morgan fingerprint density at radius 1 is 1.69 bits per heavy atom. The molecule has 16 heavy (non-hydrogen) atoms. The van der Waals surface area contributed by atoms with Gasteiger partial charge in [0, 0.05) is 6.54 Å². The second-order valence-electron chi connectivity index (χ2n) is 3.32. The molecule has 0 spiro atoms. The third kappa shape index (κ3) is 2.91. The summed E-state index contributed by atoms with van der Waals surface area (Å²) in [6.07, 6.45) is -1.33. The molecule has 1 unspecified atom stereocenters. The molecule has 1 rings (SSSR count). The number of hydrogen-bond acceptors (Lipinski definition) is 3. The SMILES string of the molecule is Cc1cc(Cl)c(NC(=O)C(O)CN)cc1F. The van der Waals surface area contributed by atoms with Gasteiger partial charge in [-0.05, 0) is 24.6 Å². The average Bonchev–Trinajstić information content (AvgIpc) is 2.24. The Bertz CT molecular complexity index is 412. The summed E-state index contributed by atoms with van der Waals surface area (Å²) < 4.78 is 13.2. The highest BCUT2D eigenvalue weighted by molar-refractivity contribution is 6.33. The molecule has 0 aliphatic rings. The summed E-state index contributed by atoms with van der Waals surface area (Å²) in [4.78, 5) is 11.3. The van der Waals surface area contributed by atoms with Gasteiger partial charge in [-0.25, -0.2) is 4.39 Å². The van der Waals surface area contributed by atoms with Crippen molar-refractivity contribution in [1.29, 1.82) is 0 Å². The first-order valence-electron chi connectivity index (χ1n) is 4.60. The lowest BCUT2D eigenvalue weighted by atomic mass is 10.2. The van der Waals surface area contributed by atoms with E-state index < -0.39 is 17.8 Å². The molecule has 0 saturated carbocycles. The molecule has 4 N–H and O–H groups in total. The van der Waals surface area contributed by atoms with Gasteiger partial charge in [0.15, 0.2) is 0 Å². The minimum Gasteiger partial charge on any atom is -0.382 e. The number of anilines is 1. The Labute approximate surface area is 97.2 Å². The van der Waals surface area contributed by atoms with E-state index in [2.05, 4.69) is 5.32 Å². The van der Waals surface area contributed by atoms with Crippen LogP contribution in [-0.2, 0) is 4.79 Å². The fourth-order valence-electron chi connectivity index (χ4n) is 1.07. The van der Waals surface area contributed by atoms with Crippen LogP contribution in [0.1, 0.15) is 5.56 Å². The van der Waals surface area contributed by atoms with Gasteiger partial charge in [-0.1, -0.05) is 11.6 Å². The lowest BCUT2D eigenvalue weighted by Crippen LogP contribution is -2.34. The summed E-state index contributed by atoms with van der Waals surface area (Å²) in [5.74, 6) is -1.20. The lowest BCUT2D eigenvalue weighted by molar-refractivity contribution is -0.123. The maximum atomic E-state index is 13.2. The summed E-state index contributed by atoms with van der Waals surface area (Å²) in [6.45, 7) is 1.35. The van der Waals surface area contributed by atoms with E-state index >= 15 is 0 Å². The molecule has 4 nitrogen and oxygen atoms in total. The summed E-state index contributed by atoms with van der Waals surface area (Å²) >= 11 is 5.80. The largest absolute Gasteiger partial charge is 0.382 e. The third-order valence-corrected chi connectivity index (χ3v) is 2.34. The van der Waals surface area contributed by atoms with E-state index in [1.54, 1.807) is 6.92 Å². The van der Waals surface area contributed by atoms with E-state index in [0.29, 0.717) is 5.56 Å². The number of rotatable bonds is 3. The van der Waals surface area contributed by atoms with E-state index in [1.807, 2.05) is 0 Å². The van der Waals surface area contributed by atoms with Crippen LogP contribution in [0.3, 0.4) is 0 Å². The first-order chi connectivity index (χ1) is 7.45. The van der Waals surface area contributed by atoms with Crippen LogP contribution >= 0.6 is 11.6 Å². The molecule has 0 heterocycles. The van der Waals surface area contributed by atoms with Crippen molar-refractivity contribution in [3.05, 3.63) is 28.5 Å². The molecule has 0 fully saturated rings. The van der Waals surface area contributed by atoms with Crippen LogP contribution in [0.25, 0.3) is 0 Å². The number of hydrogen-bond donors (Lipinski definition) is 3. The van der Waals surface area contributed by atoms with Gasteiger partial charge < -0.3 is 16.2 Å². The molecule has 1 aromatic carbocycles. The van der Waals surface area contributed by atoms with Crippen molar-refractivity contribution in [2.75, 3.05) is 11.9 Å². The maximum absolute atomic E-state index is 13.2. The second-order valence-corrected chi connectivity index (χ2v) is 3.73. The molecule has 1 amide bonds. The molecule has 0 aliphatic heterocycles. The average molecular weight is 247 g/mol. The molecule has 0 aromatic heterocycles. The first kappa shape index (κ1) is 12.9. The number of aliphatic hydroxyl groups is 1. The number of aliphatic hydroxyl groups excluding tert-OH is 1. The molecule has 1 aromatic rings. The topological polar surface area (TPSA) is 75.3 Å². The number of nitrogens with one attached hydrogen (secondary N) is 1. The van der Waals surface area contributed by atoms with Gasteiger partial charge in [0.25, 0.3) is 5.91 Å². The van der Waals surface area contributed by atoms with Crippen molar-refractivity contribution in [2.24, 2.45) is 5.73 Å². The van der Waals surface area contributed by atoms with Crippen molar-refractivity contribution < 1.29 is 14.3 Å². The van der Waals surface area contributed by atoms with Crippen LogP contribution in [0.15, 0.2) is 12.1 Å². The lowest BCUT2D eigenvalue weighted by Gasteiger charge is -2.11. The Balaban J connectivity index is 2.90. The van der Waals surface area contributed by atoms with Crippen molar-refractivity contribution in [2.45, 2.75) is 13.0 Å². The van der Waals surface area contributed by atoms with Gasteiger partial charge in [-0.3, -0.25) is 4.79 Å². The van der Waals surface area contributed by atoms with Crippen LogP contribution in [0.2, 0.25) is 5.02 Å². The number of carbonyl (C=O) groups excluding carboxylic acids is 1. The summed E-state index contributed by atoms with van der Waals surface area (Å²) in [5, 5.41) is 11.6. The van der Waals surface area contributed by atoms with Crippen LogP contribution in [0, 0.1) is 12.7 Å². The summed E-state index contributed by atoms with van der Waals surface area (Å²) in [7, 11) is 0. The monoisotopic (exact) mass is 246 g/mol.